The van der Waals surface area contributed by atoms with E-state index in [9.17, 15) is 4.39 Å². The van der Waals surface area contributed by atoms with Crippen molar-refractivity contribution in [1.29, 1.82) is 0 Å². The summed E-state index contributed by atoms with van der Waals surface area (Å²) in [7, 11) is 0. The van der Waals surface area contributed by atoms with Crippen molar-refractivity contribution in [2.75, 3.05) is 0 Å². The molecule has 1 aliphatic rings. The highest BCUT2D eigenvalue weighted by atomic mass is 19.1. The number of hydrogen-bond donors (Lipinski definition) is 2. The Kier molecular flexibility index (Phi) is 4.04. The number of rotatable bonds is 4. The van der Waals surface area contributed by atoms with Crippen LogP contribution in [-0.2, 0) is 0 Å². The number of aryl methyl sites for hydroxylation is 1. The first kappa shape index (κ1) is 14.2. The Balaban J connectivity index is 1.97. The van der Waals surface area contributed by atoms with E-state index in [0.29, 0.717) is 17.0 Å². The topological polar surface area (TPSA) is 38.0 Å². The van der Waals surface area contributed by atoms with E-state index in [4.69, 9.17) is 5.84 Å². The maximum atomic E-state index is 14.4. The average molecular weight is 284 g/mol. The second-order valence-electron chi connectivity index (χ2n) is 5.88. The lowest BCUT2D eigenvalue weighted by Gasteiger charge is -2.27. The molecule has 1 aliphatic carbocycles. The van der Waals surface area contributed by atoms with Crippen molar-refractivity contribution >= 4 is 0 Å². The van der Waals surface area contributed by atoms with Crippen LogP contribution in [0.1, 0.15) is 53.5 Å². The van der Waals surface area contributed by atoms with Gasteiger partial charge in [0, 0.05) is 5.56 Å². The normalized spacial score (nSPS) is 16.5. The molecular weight excluding hydrogens is 263 g/mol. The van der Waals surface area contributed by atoms with Gasteiger partial charge in [-0.05, 0) is 42.4 Å². The lowest BCUT2D eigenvalue weighted by atomic mass is 9.79. The van der Waals surface area contributed by atoms with E-state index in [2.05, 4.69) is 17.6 Å². The third kappa shape index (κ3) is 2.71. The molecule has 2 nitrogen and oxygen atoms in total. The summed E-state index contributed by atoms with van der Waals surface area (Å²) in [6.07, 6.45) is 3.81. The molecule has 1 saturated carbocycles. The van der Waals surface area contributed by atoms with E-state index in [1.54, 1.807) is 19.1 Å². The van der Waals surface area contributed by atoms with E-state index in [1.165, 1.54) is 24.8 Å². The molecule has 3 heteroatoms. The van der Waals surface area contributed by atoms with Crippen LogP contribution in [0.5, 0.6) is 0 Å². The highest BCUT2D eigenvalue weighted by molar-refractivity contribution is 5.38. The molecule has 0 aliphatic heterocycles. The molecule has 2 aromatic rings. The predicted octanol–water partition coefficient (Wildman–Crippen LogP) is 3.95. The Bertz CT molecular complexity index is 635. The van der Waals surface area contributed by atoms with Crippen molar-refractivity contribution in [1.82, 2.24) is 5.43 Å². The fourth-order valence-electron chi connectivity index (χ4n) is 2.99. The van der Waals surface area contributed by atoms with E-state index in [-0.39, 0.29) is 11.9 Å². The summed E-state index contributed by atoms with van der Waals surface area (Å²) in [5.41, 5.74) is 6.37. The van der Waals surface area contributed by atoms with Crippen LogP contribution in [0, 0.1) is 12.7 Å². The maximum absolute atomic E-state index is 14.4. The summed E-state index contributed by atoms with van der Waals surface area (Å²) >= 11 is 0. The minimum atomic E-state index is -0.315. The molecule has 3 rings (SSSR count). The molecule has 2 aromatic carbocycles. The average Bonchev–Trinajstić information content (AvgIpc) is 2.43. The summed E-state index contributed by atoms with van der Waals surface area (Å²) < 4.78 is 14.4. The van der Waals surface area contributed by atoms with Gasteiger partial charge in [-0.3, -0.25) is 5.84 Å². The van der Waals surface area contributed by atoms with E-state index in [1.807, 2.05) is 18.2 Å². The molecule has 0 heterocycles. The predicted molar refractivity (Wildman–Crippen MR) is 83.3 cm³/mol. The molecule has 1 fully saturated rings. The monoisotopic (exact) mass is 284 g/mol. The van der Waals surface area contributed by atoms with Crippen molar-refractivity contribution in [3.05, 3.63) is 70.5 Å². The maximum Gasteiger partial charge on any atom is 0.131 e. The summed E-state index contributed by atoms with van der Waals surface area (Å²) in [6, 6.07) is 13.5. The standard InChI is InChI=1S/C18H21FN2/c1-12-5-2-10-16(17(12)19)18(21-20)15-9-4-8-14(11-15)13-6-3-7-13/h2,4-5,8-11,13,18,21H,3,6-7,20H2,1H3. The van der Waals surface area contributed by atoms with Crippen LogP contribution in [-0.4, -0.2) is 0 Å². The van der Waals surface area contributed by atoms with E-state index >= 15 is 0 Å². The lowest BCUT2D eigenvalue weighted by molar-refractivity contribution is 0.419. The van der Waals surface area contributed by atoms with E-state index < -0.39 is 0 Å². The molecule has 0 spiro atoms. The van der Waals surface area contributed by atoms with Gasteiger partial charge in [-0.15, -0.1) is 0 Å². The van der Waals surface area contributed by atoms with Crippen molar-refractivity contribution in [3.63, 3.8) is 0 Å². The summed E-state index contributed by atoms with van der Waals surface area (Å²) in [5, 5.41) is 0. The van der Waals surface area contributed by atoms with Crippen molar-refractivity contribution in [2.45, 2.75) is 38.1 Å². The molecule has 110 valence electrons. The first-order valence-electron chi connectivity index (χ1n) is 7.51. The Morgan fingerprint density at radius 1 is 1.19 bits per heavy atom. The number of halogens is 1. The molecular formula is C18H21FN2. The molecule has 0 aromatic heterocycles. The number of hydrazine groups is 1. The zero-order valence-corrected chi connectivity index (χ0v) is 12.3. The zero-order valence-electron chi connectivity index (χ0n) is 12.3. The molecule has 0 amide bonds. The van der Waals surface area contributed by atoms with Crippen LogP contribution in [0.4, 0.5) is 4.39 Å². The Labute approximate surface area is 125 Å². The minimum Gasteiger partial charge on any atom is -0.271 e. The SMILES string of the molecule is Cc1cccc(C(NN)c2cccc(C3CCC3)c2)c1F. The largest absolute Gasteiger partial charge is 0.271 e. The summed E-state index contributed by atoms with van der Waals surface area (Å²) in [4.78, 5) is 0. The minimum absolute atomic E-state index is 0.186. The van der Waals surface area contributed by atoms with Gasteiger partial charge in [0.05, 0.1) is 6.04 Å². The zero-order chi connectivity index (χ0) is 14.8. The quantitative estimate of drug-likeness (QED) is 0.659. The summed E-state index contributed by atoms with van der Waals surface area (Å²) in [5.74, 6) is 6.18. The van der Waals surface area contributed by atoms with Gasteiger partial charge in [-0.2, -0.15) is 0 Å². The molecule has 0 bridgehead atoms. The van der Waals surface area contributed by atoms with Crippen molar-refractivity contribution in [3.8, 4) is 0 Å². The van der Waals surface area contributed by atoms with Crippen LogP contribution >= 0.6 is 0 Å². The van der Waals surface area contributed by atoms with Crippen LogP contribution in [0.2, 0.25) is 0 Å². The van der Waals surface area contributed by atoms with Gasteiger partial charge in [0.1, 0.15) is 5.82 Å². The van der Waals surface area contributed by atoms with Crippen LogP contribution < -0.4 is 11.3 Å². The third-order valence-electron chi connectivity index (χ3n) is 4.52. The highest BCUT2D eigenvalue weighted by Gasteiger charge is 2.22. The fourth-order valence-corrected chi connectivity index (χ4v) is 2.99. The van der Waals surface area contributed by atoms with Gasteiger partial charge in [-0.25, -0.2) is 9.82 Å². The van der Waals surface area contributed by atoms with Gasteiger partial charge in [-0.1, -0.05) is 48.9 Å². The number of benzene rings is 2. The number of nitrogens with two attached hydrogens (primary N) is 1. The number of hydrogen-bond acceptors (Lipinski definition) is 2. The molecule has 21 heavy (non-hydrogen) atoms. The van der Waals surface area contributed by atoms with Gasteiger partial charge in [0.2, 0.25) is 0 Å². The Hall–Kier alpha value is -1.71. The smallest absolute Gasteiger partial charge is 0.131 e. The fraction of sp³-hybridized carbons (Fsp3) is 0.333. The molecule has 0 saturated heterocycles. The van der Waals surface area contributed by atoms with Gasteiger partial charge in [0.25, 0.3) is 0 Å². The van der Waals surface area contributed by atoms with Crippen LogP contribution in [0.3, 0.4) is 0 Å². The Morgan fingerprint density at radius 3 is 2.62 bits per heavy atom. The molecule has 1 atom stereocenters. The van der Waals surface area contributed by atoms with Crippen LogP contribution in [0.15, 0.2) is 42.5 Å². The van der Waals surface area contributed by atoms with Gasteiger partial charge in [0.15, 0.2) is 0 Å². The molecule has 0 radical (unpaired) electrons. The summed E-state index contributed by atoms with van der Waals surface area (Å²) in [6.45, 7) is 1.77. The first-order chi connectivity index (χ1) is 10.2. The molecule has 3 N–H and O–H groups in total. The second kappa shape index (κ2) is 5.96. The first-order valence-corrected chi connectivity index (χ1v) is 7.51. The second-order valence-corrected chi connectivity index (χ2v) is 5.88. The lowest BCUT2D eigenvalue weighted by Crippen LogP contribution is -2.29. The van der Waals surface area contributed by atoms with Gasteiger partial charge < -0.3 is 0 Å². The number of nitrogens with one attached hydrogen (secondary N) is 1. The van der Waals surface area contributed by atoms with Crippen molar-refractivity contribution in [2.24, 2.45) is 5.84 Å². The highest BCUT2D eigenvalue weighted by Crippen LogP contribution is 2.37. The molecule has 1 unspecified atom stereocenters. The third-order valence-corrected chi connectivity index (χ3v) is 4.52. The van der Waals surface area contributed by atoms with Gasteiger partial charge >= 0.3 is 0 Å². The van der Waals surface area contributed by atoms with E-state index in [0.717, 1.165) is 5.56 Å². The Morgan fingerprint density at radius 2 is 1.95 bits per heavy atom. The van der Waals surface area contributed by atoms with Crippen LogP contribution in [0.25, 0.3) is 0 Å². The van der Waals surface area contributed by atoms with Crippen molar-refractivity contribution < 1.29 is 4.39 Å².